The number of pyridine rings is 1. The third-order valence-corrected chi connectivity index (χ3v) is 6.95. The van der Waals surface area contributed by atoms with Gasteiger partial charge in [0.25, 0.3) is 5.91 Å². The molecule has 0 radical (unpaired) electrons. The molecule has 3 heterocycles. The summed E-state index contributed by atoms with van der Waals surface area (Å²) >= 11 is 7.00. The van der Waals surface area contributed by atoms with E-state index in [1.165, 1.54) is 6.07 Å². The van der Waals surface area contributed by atoms with Gasteiger partial charge in [0.1, 0.15) is 10.5 Å². The van der Waals surface area contributed by atoms with Crippen LogP contribution < -0.4 is 5.32 Å². The number of carbonyl (C=O) groups is 1. The molecule has 0 bridgehead atoms. The van der Waals surface area contributed by atoms with Crippen LogP contribution in [0.4, 0.5) is 13.2 Å². The predicted molar refractivity (Wildman–Crippen MR) is 118 cm³/mol. The zero-order chi connectivity index (χ0) is 22.9. The number of aromatic nitrogens is 1. The van der Waals surface area contributed by atoms with Gasteiger partial charge in [-0.15, -0.1) is 11.3 Å². The van der Waals surface area contributed by atoms with Crippen molar-refractivity contribution in [3.8, 4) is 0 Å². The monoisotopic (exact) mass is 483 g/mol. The van der Waals surface area contributed by atoms with Crippen molar-refractivity contribution in [1.82, 2.24) is 15.2 Å². The maximum absolute atomic E-state index is 13.0. The quantitative estimate of drug-likeness (QED) is 0.550. The summed E-state index contributed by atoms with van der Waals surface area (Å²) in [5.74, 6) is -0.328. The Morgan fingerprint density at radius 1 is 1.22 bits per heavy atom. The van der Waals surface area contributed by atoms with Crippen LogP contribution in [0.5, 0.6) is 0 Å². The lowest BCUT2D eigenvalue weighted by Crippen LogP contribution is -2.43. The minimum absolute atomic E-state index is 0.0789. The Morgan fingerprint density at radius 3 is 2.56 bits per heavy atom. The molecule has 1 N–H and O–H groups in total. The maximum Gasteiger partial charge on any atom is 0.433 e. The van der Waals surface area contributed by atoms with Crippen molar-refractivity contribution in [3.63, 3.8) is 0 Å². The molecule has 0 aliphatic carbocycles. The Hall–Kier alpha value is -2.20. The molecule has 1 aliphatic heterocycles. The number of morpholine rings is 1. The molecule has 170 valence electrons. The molecule has 1 atom stereocenters. The Bertz CT molecular complexity index is 1110. The van der Waals surface area contributed by atoms with E-state index in [1.54, 1.807) is 6.92 Å². The lowest BCUT2D eigenvalue weighted by molar-refractivity contribution is -0.140. The van der Waals surface area contributed by atoms with Gasteiger partial charge in [0.15, 0.2) is 0 Å². The van der Waals surface area contributed by atoms with Crippen LogP contribution in [0.1, 0.15) is 32.5 Å². The van der Waals surface area contributed by atoms with Crippen molar-refractivity contribution >= 4 is 39.1 Å². The molecule has 1 unspecified atom stereocenters. The molecule has 1 fully saturated rings. The van der Waals surface area contributed by atoms with Crippen molar-refractivity contribution < 1.29 is 22.7 Å². The first-order chi connectivity index (χ1) is 15.2. The number of ether oxygens (including phenoxy) is 1. The average molecular weight is 484 g/mol. The summed E-state index contributed by atoms with van der Waals surface area (Å²) in [6, 6.07) is 9.73. The molecule has 1 amide bonds. The third kappa shape index (κ3) is 4.91. The largest absolute Gasteiger partial charge is 0.433 e. The summed E-state index contributed by atoms with van der Waals surface area (Å²) in [4.78, 5) is 19.5. The van der Waals surface area contributed by atoms with Gasteiger partial charge >= 0.3 is 6.18 Å². The summed E-state index contributed by atoms with van der Waals surface area (Å²) < 4.78 is 44.4. The maximum atomic E-state index is 13.0. The minimum Gasteiger partial charge on any atom is -0.379 e. The van der Waals surface area contributed by atoms with E-state index in [0.29, 0.717) is 40.6 Å². The molecule has 10 heteroatoms. The predicted octanol–water partition coefficient (Wildman–Crippen LogP) is 5.08. The van der Waals surface area contributed by atoms with Crippen molar-refractivity contribution in [1.29, 1.82) is 0 Å². The van der Waals surface area contributed by atoms with Crippen LogP contribution in [-0.2, 0) is 10.9 Å². The van der Waals surface area contributed by atoms with Gasteiger partial charge in [-0.05, 0) is 42.3 Å². The SMILES string of the molecule is Cc1c(C(=O)NCC(c2ccc(Cl)cc2)N2CCOCC2)sc2nc(C(F)(F)F)ccc12. The van der Waals surface area contributed by atoms with Gasteiger partial charge < -0.3 is 10.1 Å². The second kappa shape index (κ2) is 9.35. The van der Waals surface area contributed by atoms with Gasteiger partial charge in [-0.1, -0.05) is 23.7 Å². The molecule has 1 saturated heterocycles. The molecular formula is C22H21ClF3N3O2S. The van der Waals surface area contributed by atoms with Gasteiger partial charge in [0.05, 0.1) is 24.1 Å². The number of thiophene rings is 1. The summed E-state index contributed by atoms with van der Waals surface area (Å²) in [6.07, 6.45) is -4.53. The van der Waals surface area contributed by atoms with Crippen LogP contribution in [0.2, 0.25) is 5.02 Å². The molecule has 5 nitrogen and oxygen atoms in total. The van der Waals surface area contributed by atoms with Gasteiger partial charge in [-0.2, -0.15) is 13.2 Å². The topological polar surface area (TPSA) is 54.5 Å². The van der Waals surface area contributed by atoms with Crippen LogP contribution in [0.15, 0.2) is 36.4 Å². The molecule has 3 aromatic rings. The van der Waals surface area contributed by atoms with Gasteiger partial charge in [0, 0.05) is 30.0 Å². The van der Waals surface area contributed by atoms with Crippen molar-refractivity contribution in [2.24, 2.45) is 0 Å². The van der Waals surface area contributed by atoms with Crippen LogP contribution in [0, 0.1) is 6.92 Å². The third-order valence-electron chi connectivity index (χ3n) is 5.50. The Kier molecular flexibility index (Phi) is 6.71. The van der Waals surface area contributed by atoms with Crippen molar-refractivity contribution in [3.05, 3.63) is 63.1 Å². The molecule has 0 saturated carbocycles. The second-order valence-electron chi connectivity index (χ2n) is 7.53. The van der Waals surface area contributed by atoms with E-state index in [1.807, 2.05) is 24.3 Å². The number of aryl methyl sites for hydroxylation is 1. The van der Waals surface area contributed by atoms with E-state index in [-0.39, 0.29) is 16.8 Å². The lowest BCUT2D eigenvalue weighted by atomic mass is 10.0. The summed E-state index contributed by atoms with van der Waals surface area (Å²) in [5, 5.41) is 4.14. The second-order valence-corrected chi connectivity index (χ2v) is 8.96. The highest BCUT2D eigenvalue weighted by atomic mass is 35.5. The smallest absolute Gasteiger partial charge is 0.379 e. The van der Waals surface area contributed by atoms with Crippen molar-refractivity contribution in [2.75, 3.05) is 32.8 Å². The normalized spacial score (nSPS) is 16.3. The molecule has 2 aromatic heterocycles. The standard InChI is InChI=1S/C22H21ClF3N3O2S/c1-13-16-6-7-18(22(24,25)26)28-21(16)32-19(13)20(30)27-12-17(29-8-10-31-11-9-29)14-2-4-15(23)5-3-14/h2-7,17H,8-12H2,1H3,(H,27,30). The zero-order valence-corrected chi connectivity index (χ0v) is 18.8. The molecule has 32 heavy (non-hydrogen) atoms. The van der Waals surface area contributed by atoms with E-state index < -0.39 is 11.9 Å². The summed E-state index contributed by atoms with van der Waals surface area (Å²) in [5.41, 5.74) is 0.674. The number of fused-ring (bicyclic) bond motifs is 1. The minimum atomic E-state index is -4.53. The number of amides is 1. The first-order valence-electron chi connectivity index (χ1n) is 10.1. The van der Waals surface area contributed by atoms with E-state index in [2.05, 4.69) is 15.2 Å². The van der Waals surface area contributed by atoms with Crippen LogP contribution >= 0.6 is 22.9 Å². The number of halogens is 4. The molecular weight excluding hydrogens is 463 g/mol. The average Bonchev–Trinajstić information content (AvgIpc) is 3.11. The molecule has 1 aromatic carbocycles. The Morgan fingerprint density at radius 2 is 1.91 bits per heavy atom. The zero-order valence-electron chi connectivity index (χ0n) is 17.2. The van der Waals surface area contributed by atoms with Gasteiger partial charge in [-0.3, -0.25) is 9.69 Å². The van der Waals surface area contributed by atoms with Crippen LogP contribution in [-0.4, -0.2) is 48.6 Å². The van der Waals surface area contributed by atoms with Crippen molar-refractivity contribution in [2.45, 2.75) is 19.1 Å². The van der Waals surface area contributed by atoms with Crippen LogP contribution in [0.25, 0.3) is 10.2 Å². The highest BCUT2D eigenvalue weighted by molar-refractivity contribution is 7.20. The first-order valence-corrected chi connectivity index (χ1v) is 11.3. The lowest BCUT2D eigenvalue weighted by Gasteiger charge is -2.35. The van der Waals surface area contributed by atoms with E-state index in [0.717, 1.165) is 36.1 Å². The Balaban J connectivity index is 1.55. The number of hydrogen-bond donors (Lipinski definition) is 1. The van der Waals surface area contributed by atoms with Crippen LogP contribution in [0.3, 0.4) is 0 Å². The van der Waals surface area contributed by atoms with E-state index in [9.17, 15) is 18.0 Å². The number of hydrogen-bond acceptors (Lipinski definition) is 5. The fraction of sp³-hybridized carbons (Fsp3) is 0.364. The Labute approximate surface area is 192 Å². The summed E-state index contributed by atoms with van der Waals surface area (Å²) in [7, 11) is 0. The highest BCUT2D eigenvalue weighted by Gasteiger charge is 2.33. The number of alkyl halides is 3. The number of rotatable bonds is 5. The number of nitrogens with zero attached hydrogens (tertiary/aromatic N) is 2. The number of carbonyl (C=O) groups excluding carboxylic acids is 1. The van der Waals surface area contributed by atoms with Gasteiger partial charge in [-0.25, -0.2) is 4.98 Å². The highest BCUT2D eigenvalue weighted by Crippen LogP contribution is 2.34. The van der Waals surface area contributed by atoms with E-state index >= 15 is 0 Å². The first kappa shape index (κ1) is 23.0. The fourth-order valence-electron chi connectivity index (χ4n) is 3.78. The molecule has 4 rings (SSSR count). The van der Waals surface area contributed by atoms with Gasteiger partial charge in [0.2, 0.25) is 0 Å². The molecule has 1 aliphatic rings. The fourth-order valence-corrected chi connectivity index (χ4v) is 5.00. The number of nitrogens with one attached hydrogen (secondary N) is 1. The van der Waals surface area contributed by atoms with E-state index in [4.69, 9.17) is 16.3 Å². The molecule has 0 spiro atoms. The summed E-state index contributed by atoms with van der Waals surface area (Å²) in [6.45, 7) is 4.75. The number of benzene rings is 1.